The molecule has 4 nitrogen and oxygen atoms in total. The Hall–Kier alpha value is -1.26. The molecule has 2 rings (SSSR count). The van der Waals surface area contributed by atoms with Crippen LogP contribution >= 0.6 is 11.6 Å². The first-order chi connectivity index (χ1) is 8.40. The minimum Gasteiger partial charge on any atom is -0.356 e. The van der Waals surface area contributed by atoms with E-state index in [4.69, 9.17) is 16.3 Å². The molecule has 1 atom stereocenters. The van der Waals surface area contributed by atoms with E-state index in [9.17, 15) is 4.79 Å². The molecule has 1 N–H and O–H groups in total. The van der Waals surface area contributed by atoms with E-state index in [1.54, 1.807) is 29.2 Å². The molecule has 1 fully saturated rings. The van der Waals surface area contributed by atoms with Crippen LogP contribution in [0.5, 0.6) is 0 Å². The Labute approximate surface area is 112 Å². The van der Waals surface area contributed by atoms with Gasteiger partial charge in [-0.1, -0.05) is 11.6 Å². The number of carbonyl (C=O) groups excluding carboxylic acids is 1. The highest BCUT2D eigenvalue weighted by atomic mass is 35.5. The van der Waals surface area contributed by atoms with Crippen molar-refractivity contribution in [2.75, 3.05) is 11.9 Å². The highest BCUT2D eigenvalue weighted by Crippen LogP contribution is 2.27. The molecule has 2 amide bonds. The molecular weight excluding hydrogens is 252 g/mol. The summed E-state index contributed by atoms with van der Waals surface area (Å²) in [6.45, 7) is 6.38. The summed E-state index contributed by atoms with van der Waals surface area (Å²) in [6, 6.07) is 6.87. The molecule has 18 heavy (non-hydrogen) atoms. The van der Waals surface area contributed by atoms with Gasteiger partial charge in [-0.3, -0.25) is 4.90 Å². The number of nitrogens with zero attached hydrogens (tertiary/aromatic N) is 1. The van der Waals surface area contributed by atoms with Crippen molar-refractivity contribution in [3.63, 3.8) is 0 Å². The van der Waals surface area contributed by atoms with Gasteiger partial charge in [-0.2, -0.15) is 0 Å². The number of rotatable bonds is 1. The van der Waals surface area contributed by atoms with Crippen LogP contribution in [0.25, 0.3) is 0 Å². The number of hydrogen-bond acceptors (Lipinski definition) is 2. The summed E-state index contributed by atoms with van der Waals surface area (Å²) in [6.07, 6.45) is -0.215. The van der Waals surface area contributed by atoms with Crippen LogP contribution in [0.2, 0.25) is 5.02 Å². The largest absolute Gasteiger partial charge is 0.356 e. The van der Waals surface area contributed by atoms with Gasteiger partial charge in [-0.15, -0.1) is 0 Å². The van der Waals surface area contributed by atoms with Gasteiger partial charge in [0, 0.05) is 10.7 Å². The van der Waals surface area contributed by atoms with Crippen LogP contribution in [0, 0.1) is 0 Å². The molecule has 1 aromatic rings. The Morgan fingerprint density at radius 3 is 2.56 bits per heavy atom. The molecule has 1 heterocycles. The standard InChI is InChI=1S/C13H17ClN2O2/c1-9-16(13(2,3)8-18-9)12(17)15-11-6-4-10(14)5-7-11/h4-7,9H,8H2,1-3H3,(H,15,17). The van der Waals surface area contributed by atoms with E-state index in [0.717, 1.165) is 5.69 Å². The van der Waals surface area contributed by atoms with Gasteiger partial charge in [-0.05, 0) is 45.0 Å². The van der Waals surface area contributed by atoms with Gasteiger partial charge in [0.2, 0.25) is 0 Å². The summed E-state index contributed by atoms with van der Waals surface area (Å²) in [5.41, 5.74) is 0.426. The van der Waals surface area contributed by atoms with E-state index in [1.807, 2.05) is 20.8 Å². The van der Waals surface area contributed by atoms with E-state index in [1.165, 1.54) is 0 Å². The van der Waals surface area contributed by atoms with Crippen molar-refractivity contribution in [3.05, 3.63) is 29.3 Å². The molecule has 1 aliphatic rings. The lowest BCUT2D eigenvalue weighted by atomic mass is 10.1. The van der Waals surface area contributed by atoms with Crippen molar-refractivity contribution in [3.8, 4) is 0 Å². The molecule has 0 spiro atoms. The maximum atomic E-state index is 12.2. The van der Waals surface area contributed by atoms with E-state index < -0.39 is 0 Å². The summed E-state index contributed by atoms with van der Waals surface area (Å²) in [5.74, 6) is 0. The van der Waals surface area contributed by atoms with Gasteiger partial charge in [-0.25, -0.2) is 4.79 Å². The topological polar surface area (TPSA) is 41.6 Å². The summed E-state index contributed by atoms with van der Waals surface area (Å²) in [5, 5.41) is 3.49. The first kappa shape index (κ1) is 13.2. The normalized spacial score (nSPS) is 22.0. The fourth-order valence-corrected chi connectivity index (χ4v) is 2.24. The van der Waals surface area contributed by atoms with E-state index in [-0.39, 0.29) is 17.8 Å². The van der Waals surface area contributed by atoms with E-state index in [2.05, 4.69) is 5.32 Å². The monoisotopic (exact) mass is 268 g/mol. The van der Waals surface area contributed by atoms with Crippen molar-refractivity contribution in [1.82, 2.24) is 4.90 Å². The van der Waals surface area contributed by atoms with Crippen molar-refractivity contribution in [1.29, 1.82) is 0 Å². The van der Waals surface area contributed by atoms with Gasteiger partial charge in [0.25, 0.3) is 0 Å². The van der Waals surface area contributed by atoms with Crippen LogP contribution in [0.15, 0.2) is 24.3 Å². The Morgan fingerprint density at radius 1 is 1.44 bits per heavy atom. The first-order valence-electron chi connectivity index (χ1n) is 5.88. The van der Waals surface area contributed by atoms with Crippen LogP contribution < -0.4 is 5.32 Å². The zero-order valence-electron chi connectivity index (χ0n) is 10.7. The molecule has 0 aliphatic carbocycles. The Balaban J connectivity index is 2.10. The molecule has 1 saturated heterocycles. The van der Waals surface area contributed by atoms with Crippen LogP contribution in [-0.2, 0) is 4.74 Å². The molecule has 5 heteroatoms. The third-order valence-electron chi connectivity index (χ3n) is 3.01. The molecule has 0 aromatic heterocycles. The number of ether oxygens (including phenoxy) is 1. The van der Waals surface area contributed by atoms with Gasteiger partial charge >= 0.3 is 6.03 Å². The number of urea groups is 1. The summed E-state index contributed by atoms with van der Waals surface area (Å²) in [4.78, 5) is 13.9. The number of nitrogens with one attached hydrogen (secondary N) is 1. The third-order valence-corrected chi connectivity index (χ3v) is 3.26. The third kappa shape index (κ3) is 2.60. The van der Waals surface area contributed by atoms with Gasteiger partial charge in [0.1, 0.15) is 6.23 Å². The molecule has 0 bridgehead atoms. The minimum atomic E-state index is -0.296. The molecule has 1 aliphatic heterocycles. The van der Waals surface area contributed by atoms with Gasteiger partial charge in [0.15, 0.2) is 0 Å². The first-order valence-corrected chi connectivity index (χ1v) is 6.25. The number of halogens is 1. The quantitative estimate of drug-likeness (QED) is 0.849. The lowest BCUT2D eigenvalue weighted by Crippen LogP contribution is -2.49. The number of anilines is 1. The highest BCUT2D eigenvalue weighted by molar-refractivity contribution is 6.30. The smallest absolute Gasteiger partial charge is 0.324 e. The van der Waals surface area contributed by atoms with E-state index in [0.29, 0.717) is 11.6 Å². The maximum absolute atomic E-state index is 12.2. The average molecular weight is 269 g/mol. The fraction of sp³-hybridized carbons (Fsp3) is 0.462. The maximum Gasteiger partial charge on any atom is 0.324 e. The Morgan fingerprint density at radius 2 is 2.06 bits per heavy atom. The number of hydrogen-bond donors (Lipinski definition) is 1. The zero-order chi connectivity index (χ0) is 13.3. The van der Waals surface area contributed by atoms with Crippen molar-refractivity contribution in [2.24, 2.45) is 0 Å². The lowest BCUT2D eigenvalue weighted by molar-refractivity contribution is 0.0651. The lowest BCUT2D eigenvalue weighted by Gasteiger charge is -2.32. The SMILES string of the molecule is CC1OCC(C)(C)N1C(=O)Nc1ccc(Cl)cc1. The van der Waals surface area contributed by atoms with Crippen molar-refractivity contribution >= 4 is 23.3 Å². The minimum absolute atomic E-state index is 0.160. The zero-order valence-corrected chi connectivity index (χ0v) is 11.5. The van der Waals surface area contributed by atoms with E-state index >= 15 is 0 Å². The Kier molecular flexibility index (Phi) is 3.50. The van der Waals surface area contributed by atoms with Crippen LogP contribution in [0.1, 0.15) is 20.8 Å². The second kappa shape index (κ2) is 4.78. The summed E-state index contributed by atoms with van der Waals surface area (Å²) >= 11 is 5.80. The Bertz CT molecular complexity index is 445. The average Bonchev–Trinajstić information content (AvgIpc) is 2.56. The predicted octanol–water partition coefficient (Wildman–Crippen LogP) is 3.33. The van der Waals surface area contributed by atoms with Crippen LogP contribution in [0.4, 0.5) is 10.5 Å². The highest BCUT2D eigenvalue weighted by Gasteiger charge is 2.41. The second-order valence-electron chi connectivity index (χ2n) is 5.03. The predicted molar refractivity (Wildman–Crippen MR) is 71.8 cm³/mol. The molecule has 0 saturated carbocycles. The second-order valence-corrected chi connectivity index (χ2v) is 5.47. The molecule has 1 unspecified atom stereocenters. The van der Waals surface area contributed by atoms with Crippen molar-refractivity contribution in [2.45, 2.75) is 32.5 Å². The van der Waals surface area contributed by atoms with Gasteiger partial charge in [0.05, 0.1) is 12.1 Å². The number of benzene rings is 1. The fourth-order valence-electron chi connectivity index (χ4n) is 2.12. The van der Waals surface area contributed by atoms with Gasteiger partial charge < -0.3 is 10.1 Å². The molecule has 98 valence electrons. The van der Waals surface area contributed by atoms with Crippen LogP contribution in [0.3, 0.4) is 0 Å². The number of amides is 2. The van der Waals surface area contributed by atoms with Crippen LogP contribution in [-0.4, -0.2) is 29.3 Å². The van der Waals surface area contributed by atoms with Crippen molar-refractivity contribution < 1.29 is 9.53 Å². The summed E-state index contributed by atoms with van der Waals surface area (Å²) in [7, 11) is 0. The molecular formula is C13H17ClN2O2. The molecule has 0 radical (unpaired) electrons. The number of carbonyl (C=O) groups is 1. The summed E-state index contributed by atoms with van der Waals surface area (Å²) < 4.78 is 5.50. The molecule has 1 aromatic carbocycles.